The van der Waals surface area contributed by atoms with Crippen molar-refractivity contribution in [3.05, 3.63) is 51.8 Å². The van der Waals surface area contributed by atoms with Crippen molar-refractivity contribution in [1.82, 2.24) is 14.9 Å². The number of nitrogens with one attached hydrogen (secondary N) is 1. The standard InChI is InChI=1S/C25H34N4O5.ClH/c1-7-29(11-12-31-3)16-18-10-8-9-17(13-18)15-28(2)25-26-19-14-20(32-4)22(33-5)23(34-6)21(19)24(30)27-25;/h8-10,13-14H,7,11-12,15-16H2,1-6H3,(H,26,27,30);1H. The van der Waals surface area contributed by atoms with E-state index in [2.05, 4.69) is 46.1 Å². The van der Waals surface area contributed by atoms with Crippen LogP contribution in [0.25, 0.3) is 10.9 Å². The number of anilines is 1. The quantitative estimate of drug-likeness (QED) is 0.399. The van der Waals surface area contributed by atoms with Crippen molar-refractivity contribution in [2.75, 3.05) is 60.1 Å². The normalized spacial score (nSPS) is 10.8. The van der Waals surface area contributed by atoms with Crippen molar-refractivity contribution in [2.24, 2.45) is 0 Å². The maximum Gasteiger partial charge on any atom is 0.264 e. The molecular weight excluding hydrogens is 472 g/mol. The van der Waals surface area contributed by atoms with Crippen LogP contribution in [0.2, 0.25) is 0 Å². The van der Waals surface area contributed by atoms with E-state index in [9.17, 15) is 4.79 Å². The highest BCUT2D eigenvalue weighted by Gasteiger charge is 2.20. The Hall–Kier alpha value is -3.01. The van der Waals surface area contributed by atoms with Crippen molar-refractivity contribution in [2.45, 2.75) is 20.0 Å². The van der Waals surface area contributed by atoms with Gasteiger partial charge in [0.25, 0.3) is 5.56 Å². The number of hydrogen-bond acceptors (Lipinski definition) is 8. The van der Waals surface area contributed by atoms with Crippen LogP contribution in [0, 0.1) is 0 Å². The first-order chi connectivity index (χ1) is 16.4. The van der Waals surface area contributed by atoms with Crippen LogP contribution < -0.4 is 24.7 Å². The number of benzene rings is 2. The zero-order valence-electron chi connectivity index (χ0n) is 21.2. The number of aromatic amines is 1. The number of fused-ring (bicyclic) bond motifs is 1. The first-order valence-electron chi connectivity index (χ1n) is 11.2. The first-order valence-corrected chi connectivity index (χ1v) is 11.2. The zero-order valence-corrected chi connectivity index (χ0v) is 22.0. The van der Waals surface area contributed by atoms with E-state index in [1.165, 1.54) is 26.9 Å². The van der Waals surface area contributed by atoms with Crippen molar-refractivity contribution in [3.63, 3.8) is 0 Å². The van der Waals surface area contributed by atoms with Crippen LogP contribution in [0.15, 0.2) is 35.1 Å². The number of rotatable bonds is 12. The minimum absolute atomic E-state index is 0. The SMILES string of the molecule is CCN(CCOC)Cc1cccc(CN(C)c2nc3cc(OC)c(OC)c(OC)c3c(=O)[nH]2)c1.Cl. The Morgan fingerprint density at radius 3 is 2.26 bits per heavy atom. The Labute approximate surface area is 212 Å². The summed E-state index contributed by atoms with van der Waals surface area (Å²) >= 11 is 0. The third kappa shape index (κ3) is 6.56. The van der Waals surface area contributed by atoms with Gasteiger partial charge in [0.05, 0.1) is 33.5 Å². The van der Waals surface area contributed by atoms with Gasteiger partial charge in [0.1, 0.15) is 5.39 Å². The highest BCUT2D eigenvalue weighted by Crippen LogP contribution is 2.41. The Morgan fingerprint density at radius 1 is 0.971 bits per heavy atom. The van der Waals surface area contributed by atoms with Gasteiger partial charge in [-0.15, -0.1) is 12.4 Å². The van der Waals surface area contributed by atoms with Crippen LogP contribution in [0.3, 0.4) is 0 Å². The lowest BCUT2D eigenvalue weighted by molar-refractivity contribution is 0.147. The molecular formula is C25H35ClN4O5. The Morgan fingerprint density at radius 2 is 1.66 bits per heavy atom. The molecule has 0 unspecified atom stereocenters. The summed E-state index contributed by atoms with van der Waals surface area (Å²) < 4.78 is 21.5. The number of likely N-dealkylation sites (N-methyl/N-ethyl adjacent to an activating group) is 1. The van der Waals surface area contributed by atoms with Gasteiger partial charge in [-0.1, -0.05) is 31.2 Å². The van der Waals surface area contributed by atoms with Crippen LogP contribution in [0.5, 0.6) is 17.2 Å². The lowest BCUT2D eigenvalue weighted by Gasteiger charge is -2.22. The molecule has 0 fully saturated rings. The van der Waals surface area contributed by atoms with Crippen molar-refractivity contribution >= 4 is 29.3 Å². The van der Waals surface area contributed by atoms with Gasteiger partial charge in [0, 0.05) is 39.9 Å². The topological polar surface area (TPSA) is 89.2 Å². The molecule has 0 bridgehead atoms. The summed E-state index contributed by atoms with van der Waals surface area (Å²) in [5.41, 5.74) is 2.50. The summed E-state index contributed by atoms with van der Waals surface area (Å²) in [6, 6.07) is 10.1. The average Bonchev–Trinajstić information content (AvgIpc) is 2.85. The number of H-pyrrole nitrogens is 1. The fraction of sp³-hybridized carbons (Fsp3) is 0.440. The molecule has 2 aromatic carbocycles. The maximum absolute atomic E-state index is 13.0. The highest BCUT2D eigenvalue weighted by molar-refractivity contribution is 5.90. The molecule has 0 radical (unpaired) electrons. The lowest BCUT2D eigenvalue weighted by Crippen LogP contribution is -2.27. The molecule has 3 rings (SSSR count). The lowest BCUT2D eigenvalue weighted by atomic mass is 10.1. The van der Waals surface area contributed by atoms with E-state index in [1.807, 2.05) is 11.9 Å². The Balaban J connectivity index is 0.00000432. The largest absolute Gasteiger partial charge is 0.493 e. The second kappa shape index (κ2) is 13.2. The zero-order chi connectivity index (χ0) is 24.7. The third-order valence-corrected chi connectivity index (χ3v) is 5.73. The van der Waals surface area contributed by atoms with E-state index < -0.39 is 0 Å². The molecule has 1 N–H and O–H groups in total. The van der Waals surface area contributed by atoms with Gasteiger partial charge in [-0.2, -0.15) is 0 Å². The van der Waals surface area contributed by atoms with E-state index in [-0.39, 0.29) is 18.0 Å². The predicted molar refractivity (Wildman–Crippen MR) is 141 cm³/mol. The van der Waals surface area contributed by atoms with Crippen molar-refractivity contribution in [3.8, 4) is 17.2 Å². The molecule has 0 saturated heterocycles. The smallest absolute Gasteiger partial charge is 0.264 e. The van der Waals surface area contributed by atoms with Gasteiger partial charge >= 0.3 is 0 Å². The fourth-order valence-electron chi connectivity index (χ4n) is 3.94. The number of hydrogen-bond donors (Lipinski definition) is 1. The maximum atomic E-state index is 13.0. The predicted octanol–water partition coefficient (Wildman–Crippen LogP) is 3.48. The van der Waals surface area contributed by atoms with Crippen LogP contribution >= 0.6 is 12.4 Å². The van der Waals surface area contributed by atoms with Gasteiger partial charge < -0.3 is 23.8 Å². The Kier molecular flexibility index (Phi) is 10.6. The molecule has 0 aliphatic carbocycles. The number of aromatic nitrogens is 2. The molecule has 0 aliphatic heterocycles. The minimum Gasteiger partial charge on any atom is -0.493 e. The number of halogens is 1. The second-order valence-corrected chi connectivity index (χ2v) is 7.97. The van der Waals surface area contributed by atoms with Crippen molar-refractivity contribution < 1.29 is 18.9 Å². The van der Waals surface area contributed by atoms with Crippen LogP contribution in [0.1, 0.15) is 18.1 Å². The second-order valence-electron chi connectivity index (χ2n) is 7.97. The van der Waals surface area contributed by atoms with Gasteiger partial charge in [-0.25, -0.2) is 4.98 Å². The van der Waals surface area contributed by atoms with E-state index in [4.69, 9.17) is 18.9 Å². The molecule has 0 aliphatic rings. The molecule has 10 heteroatoms. The van der Waals surface area contributed by atoms with Crippen LogP contribution in [0.4, 0.5) is 5.95 Å². The molecule has 35 heavy (non-hydrogen) atoms. The molecule has 1 aromatic heterocycles. The molecule has 3 aromatic rings. The fourth-order valence-corrected chi connectivity index (χ4v) is 3.94. The summed E-state index contributed by atoms with van der Waals surface area (Å²) in [6.07, 6.45) is 0. The minimum atomic E-state index is -0.310. The monoisotopic (exact) mass is 506 g/mol. The van der Waals surface area contributed by atoms with E-state index in [0.717, 1.165) is 25.2 Å². The molecule has 0 saturated carbocycles. The summed E-state index contributed by atoms with van der Waals surface area (Å²) in [7, 11) is 8.13. The Bertz CT molecular complexity index is 1170. The number of ether oxygens (including phenoxy) is 4. The number of nitrogens with zero attached hydrogens (tertiary/aromatic N) is 3. The molecule has 1 heterocycles. The molecule has 192 valence electrons. The van der Waals surface area contributed by atoms with Gasteiger partial charge in [0.15, 0.2) is 11.5 Å². The van der Waals surface area contributed by atoms with Crippen molar-refractivity contribution in [1.29, 1.82) is 0 Å². The van der Waals surface area contributed by atoms with E-state index in [0.29, 0.717) is 47.3 Å². The summed E-state index contributed by atoms with van der Waals surface area (Å²) in [5.74, 6) is 1.54. The first kappa shape index (κ1) is 28.2. The van der Waals surface area contributed by atoms with Gasteiger partial charge in [-0.05, 0) is 17.7 Å². The van der Waals surface area contributed by atoms with Crippen LogP contribution in [-0.4, -0.2) is 70.1 Å². The van der Waals surface area contributed by atoms with Gasteiger partial charge in [0.2, 0.25) is 11.7 Å². The van der Waals surface area contributed by atoms with Crippen LogP contribution in [-0.2, 0) is 17.8 Å². The summed E-state index contributed by atoms with van der Waals surface area (Å²) in [4.78, 5) is 24.8. The highest BCUT2D eigenvalue weighted by atomic mass is 35.5. The molecule has 9 nitrogen and oxygen atoms in total. The van der Waals surface area contributed by atoms with E-state index in [1.54, 1.807) is 13.2 Å². The van der Waals surface area contributed by atoms with E-state index >= 15 is 0 Å². The molecule has 0 amide bonds. The number of methoxy groups -OCH3 is 4. The molecule has 0 atom stereocenters. The van der Waals surface area contributed by atoms with Gasteiger partial charge in [-0.3, -0.25) is 14.7 Å². The third-order valence-electron chi connectivity index (χ3n) is 5.73. The summed E-state index contributed by atoms with van der Waals surface area (Å²) in [5, 5.41) is 0.315. The molecule has 0 spiro atoms. The summed E-state index contributed by atoms with van der Waals surface area (Å²) in [6.45, 7) is 6.12. The average molecular weight is 507 g/mol.